The van der Waals surface area contributed by atoms with Gasteiger partial charge in [0.1, 0.15) is 11.5 Å². The van der Waals surface area contributed by atoms with E-state index in [0.717, 1.165) is 11.4 Å². The van der Waals surface area contributed by atoms with Crippen LogP contribution in [0.15, 0.2) is 72.1 Å². The molecule has 1 aromatic rings. The number of para-hydroxylation sites is 1. The lowest BCUT2D eigenvalue weighted by atomic mass is 10.3. The average molecular weight is 242 g/mol. The zero-order valence-corrected chi connectivity index (χ0v) is 10.8. The molecule has 1 rings (SSSR count). The minimum atomic E-state index is 0.559. The first-order valence-corrected chi connectivity index (χ1v) is 5.57. The summed E-state index contributed by atoms with van der Waals surface area (Å²) < 4.78 is 5.53. The molecule has 0 bridgehead atoms. The summed E-state index contributed by atoms with van der Waals surface area (Å²) in [5, 5.41) is 0. The predicted octanol–water partition coefficient (Wildman–Crippen LogP) is 3.24. The van der Waals surface area contributed by atoms with Gasteiger partial charge in [0.2, 0.25) is 0 Å². The number of allylic oxidation sites excluding steroid dienone is 2. The van der Waals surface area contributed by atoms with Crippen LogP contribution in [0.4, 0.5) is 0 Å². The van der Waals surface area contributed by atoms with Gasteiger partial charge in [-0.2, -0.15) is 0 Å². The van der Waals surface area contributed by atoms with Gasteiger partial charge in [0.15, 0.2) is 0 Å². The van der Waals surface area contributed by atoms with Crippen LogP contribution in [0.3, 0.4) is 0 Å². The van der Waals surface area contributed by atoms with Gasteiger partial charge in [-0.25, -0.2) is 0 Å². The van der Waals surface area contributed by atoms with Crippen molar-refractivity contribution in [2.45, 2.75) is 0 Å². The van der Waals surface area contributed by atoms with E-state index in [1.54, 1.807) is 19.5 Å². The number of likely N-dealkylation sites (N-methyl/N-ethyl adjacent to an activating group) is 1. The molecule has 0 saturated heterocycles. The van der Waals surface area contributed by atoms with Crippen LogP contribution in [0.5, 0.6) is 5.75 Å². The summed E-state index contributed by atoms with van der Waals surface area (Å²) >= 11 is 0. The van der Waals surface area contributed by atoms with Gasteiger partial charge in [-0.05, 0) is 24.3 Å². The summed E-state index contributed by atoms with van der Waals surface area (Å²) in [7, 11) is 3.59. The number of hydrogen-bond donors (Lipinski definition) is 0. The maximum Gasteiger partial charge on any atom is 0.127 e. The number of nitrogens with zero attached hydrogens (tertiary/aromatic N) is 2. The topological polar surface area (TPSA) is 24.8 Å². The fourth-order valence-corrected chi connectivity index (χ4v) is 1.23. The second-order valence-corrected chi connectivity index (χ2v) is 3.69. The molecule has 3 heteroatoms. The molecule has 0 unspecified atom stereocenters. The van der Waals surface area contributed by atoms with Crippen LogP contribution in [-0.2, 0) is 0 Å². The second-order valence-electron chi connectivity index (χ2n) is 3.69. The number of hydrogen-bond acceptors (Lipinski definition) is 2. The van der Waals surface area contributed by atoms with E-state index >= 15 is 0 Å². The van der Waals surface area contributed by atoms with Crippen LogP contribution in [0, 0.1) is 0 Å². The SMILES string of the molecule is C=C(/C=C\C(=C)N(C)C=NC)Oc1ccccc1. The van der Waals surface area contributed by atoms with E-state index in [2.05, 4.69) is 18.2 Å². The first kappa shape index (κ1) is 13.8. The lowest BCUT2D eigenvalue weighted by Crippen LogP contribution is -2.12. The smallest absolute Gasteiger partial charge is 0.127 e. The van der Waals surface area contributed by atoms with Gasteiger partial charge in [0.25, 0.3) is 0 Å². The molecule has 0 aliphatic rings. The van der Waals surface area contributed by atoms with E-state index in [-0.39, 0.29) is 0 Å². The van der Waals surface area contributed by atoms with Crippen molar-refractivity contribution >= 4 is 6.34 Å². The lowest BCUT2D eigenvalue weighted by Gasteiger charge is -2.12. The molecule has 0 saturated carbocycles. The molecule has 0 N–H and O–H groups in total. The highest BCUT2D eigenvalue weighted by atomic mass is 16.5. The van der Waals surface area contributed by atoms with Gasteiger partial charge < -0.3 is 9.64 Å². The van der Waals surface area contributed by atoms with Gasteiger partial charge in [0.05, 0.1) is 6.34 Å². The Labute approximate surface area is 108 Å². The molecule has 1 aromatic carbocycles. The van der Waals surface area contributed by atoms with Gasteiger partial charge in [-0.15, -0.1) is 0 Å². The highest BCUT2D eigenvalue weighted by molar-refractivity contribution is 5.58. The monoisotopic (exact) mass is 242 g/mol. The summed E-state index contributed by atoms with van der Waals surface area (Å²) in [6.07, 6.45) is 5.29. The molecular weight excluding hydrogens is 224 g/mol. The Hall–Kier alpha value is -2.29. The fourth-order valence-electron chi connectivity index (χ4n) is 1.23. The number of rotatable bonds is 6. The van der Waals surface area contributed by atoms with Crippen LogP contribution in [0.2, 0.25) is 0 Å². The molecule has 0 aliphatic carbocycles. The largest absolute Gasteiger partial charge is 0.458 e. The average Bonchev–Trinajstić information content (AvgIpc) is 2.37. The molecule has 3 nitrogen and oxygen atoms in total. The van der Waals surface area contributed by atoms with E-state index < -0.39 is 0 Å². The molecule has 18 heavy (non-hydrogen) atoms. The van der Waals surface area contributed by atoms with Gasteiger partial charge in [-0.1, -0.05) is 31.4 Å². The van der Waals surface area contributed by atoms with Crippen molar-refractivity contribution in [3.8, 4) is 5.75 Å². The third-order valence-electron chi connectivity index (χ3n) is 2.20. The minimum Gasteiger partial charge on any atom is -0.458 e. The lowest BCUT2D eigenvalue weighted by molar-refractivity contribution is 0.446. The quantitative estimate of drug-likeness (QED) is 0.331. The van der Waals surface area contributed by atoms with Gasteiger partial charge >= 0.3 is 0 Å². The van der Waals surface area contributed by atoms with Crippen LogP contribution < -0.4 is 4.74 Å². The summed E-state index contributed by atoms with van der Waals surface area (Å²) in [4.78, 5) is 5.72. The Morgan fingerprint density at radius 1 is 1.22 bits per heavy atom. The van der Waals surface area contributed by atoms with Crippen LogP contribution in [-0.4, -0.2) is 25.3 Å². The maximum absolute atomic E-state index is 5.53. The van der Waals surface area contributed by atoms with Gasteiger partial charge in [-0.3, -0.25) is 4.99 Å². The van der Waals surface area contributed by atoms with Crippen molar-refractivity contribution < 1.29 is 4.74 Å². The predicted molar refractivity (Wildman–Crippen MR) is 76.7 cm³/mol. The van der Waals surface area contributed by atoms with Crippen molar-refractivity contribution in [1.82, 2.24) is 4.90 Å². The molecule has 0 amide bonds. The standard InChI is InChI=1S/C15H18N2O/c1-13(17(4)12-16-3)10-11-14(2)18-15-8-6-5-7-9-15/h5-12H,1-2H2,3-4H3/b11-10-,16-12?. The Bertz CT molecular complexity index is 461. The minimum absolute atomic E-state index is 0.559. The number of benzene rings is 1. The zero-order chi connectivity index (χ0) is 13.4. The van der Waals surface area contributed by atoms with E-state index in [1.165, 1.54) is 0 Å². The normalized spacial score (nSPS) is 10.8. The third kappa shape index (κ3) is 4.70. The molecule has 0 aromatic heterocycles. The molecule has 0 heterocycles. The van der Waals surface area contributed by atoms with E-state index in [9.17, 15) is 0 Å². The summed E-state index contributed by atoms with van der Waals surface area (Å²) in [5.41, 5.74) is 0.804. The molecule has 0 aliphatic heterocycles. The van der Waals surface area contributed by atoms with E-state index in [1.807, 2.05) is 48.4 Å². The highest BCUT2D eigenvalue weighted by Crippen LogP contribution is 2.12. The first-order valence-electron chi connectivity index (χ1n) is 5.57. The summed E-state index contributed by atoms with van der Waals surface area (Å²) in [6, 6.07) is 9.52. The molecule has 0 radical (unpaired) electrons. The molecule has 0 spiro atoms. The Morgan fingerprint density at radius 2 is 1.89 bits per heavy atom. The molecule has 94 valence electrons. The number of aliphatic imine (C=N–C) groups is 1. The second kappa shape index (κ2) is 7.12. The molecular formula is C15H18N2O. The fraction of sp³-hybridized carbons (Fsp3) is 0.133. The van der Waals surface area contributed by atoms with Crippen LogP contribution in [0.1, 0.15) is 0 Å². The molecule has 0 atom stereocenters. The van der Waals surface area contributed by atoms with Crippen molar-refractivity contribution in [2.75, 3.05) is 14.1 Å². The maximum atomic E-state index is 5.53. The van der Waals surface area contributed by atoms with E-state index in [0.29, 0.717) is 5.76 Å². The molecule has 0 fully saturated rings. The summed E-state index contributed by atoms with van der Waals surface area (Å²) in [5.74, 6) is 1.32. The Kier molecular flexibility index (Phi) is 5.45. The van der Waals surface area contributed by atoms with E-state index in [4.69, 9.17) is 4.74 Å². The van der Waals surface area contributed by atoms with Crippen LogP contribution in [0.25, 0.3) is 0 Å². The number of ether oxygens (including phenoxy) is 1. The van der Waals surface area contributed by atoms with Crippen molar-refractivity contribution in [3.63, 3.8) is 0 Å². The summed E-state index contributed by atoms with van der Waals surface area (Å²) in [6.45, 7) is 7.73. The third-order valence-corrected chi connectivity index (χ3v) is 2.20. The Balaban J connectivity index is 2.52. The first-order chi connectivity index (χ1) is 8.63. The zero-order valence-electron chi connectivity index (χ0n) is 10.8. The van der Waals surface area contributed by atoms with Crippen molar-refractivity contribution in [1.29, 1.82) is 0 Å². The Morgan fingerprint density at radius 3 is 2.50 bits per heavy atom. The van der Waals surface area contributed by atoms with Crippen LogP contribution >= 0.6 is 0 Å². The van der Waals surface area contributed by atoms with Crippen molar-refractivity contribution in [3.05, 3.63) is 67.1 Å². The highest BCUT2D eigenvalue weighted by Gasteiger charge is 1.96. The van der Waals surface area contributed by atoms with Crippen molar-refractivity contribution in [2.24, 2.45) is 4.99 Å². The van der Waals surface area contributed by atoms with Gasteiger partial charge in [0, 0.05) is 19.8 Å².